The third kappa shape index (κ3) is 5.00. The predicted octanol–water partition coefficient (Wildman–Crippen LogP) is 3.17. The summed E-state index contributed by atoms with van der Waals surface area (Å²) in [7, 11) is 3.01. The Kier molecular flexibility index (Phi) is 6.98. The highest BCUT2D eigenvalue weighted by Gasteiger charge is 2.36. The van der Waals surface area contributed by atoms with E-state index in [9.17, 15) is 14.0 Å². The van der Waals surface area contributed by atoms with Crippen LogP contribution in [-0.2, 0) is 16.0 Å². The van der Waals surface area contributed by atoms with Crippen LogP contribution in [0.3, 0.4) is 0 Å². The Labute approximate surface area is 164 Å². The fourth-order valence-electron chi connectivity index (χ4n) is 2.52. The average Bonchev–Trinajstić information content (AvgIpc) is 2.69. The van der Waals surface area contributed by atoms with Crippen LogP contribution >= 0.6 is 0 Å². The molecule has 0 aliphatic heterocycles. The molecule has 0 aliphatic carbocycles. The van der Waals surface area contributed by atoms with E-state index in [-0.39, 0.29) is 12.4 Å². The van der Waals surface area contributed by atoms with Crippen molar-refractivity contribution in [3.63, 3.8) is 0 Å². The molecule has 0 aromatic heterocycles. The molecule has 0 spiro atoms. The summed E-state index contributed by atoms with van der Waals surface area (Å²) in [5.41, 5.74) is -0.395. The molecule has 2 aromatic rings. The summed E-state index contributed by atoms with van der Waals surface area (Å²) in [6, 6.07) is 11.3. The molecule has 2 N–H and O–H groups in total. The molecule has 0 saturated heterocycles. The monoisotopic (exact) mass is 388 g/mol. The molecular formula is C21H25FN2O4. The number of halogens is 1. The third-order valence-electron chi connectivity index (χ3n) is 4.43. The van der Waals surface area contributed by atoms with Gasteiger partial charge in [0.1, 0.15) is 22.7 Å². The van der Waals surface area contributed by atoms with Crippen molar-refractivity contribution in [3.8, 4) is 11.5 Å². The molecule has 0 aliphatic rings. The minimum atomic E-state index is -1.33. The highest BCUT2D eigenvalue weighted by atomic mass is 19.1. The molecule has 2 rings (SSSR count). The molecule has 2 amide bonds. The maximum absolute atomic E-state index is 13.6. The largest absolute Gasteiger partial charge is 0.497 e. The molecular weight excluding hydrogens is 363 g/mol. The Hall–Kier alpha value is -3.09. The summed E-state index contributed by atoms with van der Waals surface area (Å²) in [4.78, 5) is 25.2. The van der Waals surface area contributed by atoms with Crippen LogP contribution in [0, 0.1) is 11.2 Å². The van der Waals surface area contributed by atoms with Gasteiger partial charge in [0.25, 0.3) is 0 Å². The zero-order valence-corrected chi connectivity index (χ0v) is 16.5. The van der Waals surface area contributed by atoms with Gasteiger partial charge < -0.3 is 20.1 Å². The molecule has 0 saturated carbocycles. The molecule has 150 valence electrons. The summed E-state index contributed by atoms with van der Waals surface area (Å²) in [6.45, 7) is 3.27. The summed E-state index contributed by atoms with van der Waals surface area (Å²) < 4.78 is 24.0. The Morgan fingerprint density at radius 3 is 2.39 bits per heavy atom. The van der Waals surface area contributed by atoms with E-state index in [1.165, 1.54) is 34.1 Å². The maximum atomic E-state index is 13.6. The van der Waals surface area contributed by atoms with Crippen molar-refractivity contribution in [2.24, 2.45) is 5.41 Å². The van der Waals surface area contributed by atoms with E-state index in [1.54, 1.807) is 36.4 Å². The third-order valence-corrected chi connectivity index (χ3v) is 4.43. The number of carbonyl (C=O) groups excluding carboxylic acids is 2. The summed E-state index contributed by atoms with van der Waals surface area (Å²) in [5.74, 6) is -0.253. The molecule has 0 atom stereocenters. The number of benzene rings is 2. The van der Waals surface area contributed by atoms with Crippen LogP contribution < -0.4 is 20.1 Å². The molecule has 0 unspecified atom stereocenters. The van der Waals surface area contributed by atoms with Gasteiger partial charge in [0.15, 0.2) is 0 Å². The lowest BCUT2D eigenvalue weighted by atomic mass is 9.90. The summed E-state index contributed by atoms with van der Waals surface area (Å²) in [6.07, 6.45) is 0.336. The van der Waals surface area contributed by atoms with E-state index in [0.717, 1.165) is 0 Å². The van der Waals surface area contributed by atoms with Crippen molar-refractivity contribution in [1.29, 1.82) is 0 Å². The van der Waals surface area contributed by atoms with Crippen molar-refractivity contribution < 1.29 is 23.5 Å². The van der Waals surface area contributed by atoms with Gasteiger partial charge >= 0.3 is 0 Å². The molecule has 6 nitrogen and oxygen atoms in total. The molecule has 7 heteroatoms. The highest BCUT2D eigenvalue weighted by molar-refractivity contribution is 6.10. The van der Waals surface area contributed by atoms with Gasteiger partial charge in [0.2, 0.25) is 11.8 Å². The van der Waals surface area contributed by atoms with E-state index in [0.29, 0.717) is 29.2 Å². The molecule has 0 heterocycles. The first kappa shape index (κ1) is 21.2. The fraction of sp³-hybridized carbons (Fsp3) is 0.333. The van der Waals surface area contributed by atoms with Crippen molar-refractivity contribution >= 4 is 17.5 Å². The topological polar surface area (TPSA) is 76.7 Å². The first-order chi connectivity index (χ1) is 13.3. The number of hydrogen-bond acceptors (Lipinski definition) is 4. The first-order valence-corrected chi connectivity index (χ1v) is 8.84. The van der Waals surface area contributed by atoms with E-state index < -0.39 is 17.2 Å². The Balaban J connectivity index is 1.99. The number of amides is 2. The second-order valence-corrected chi connectivity index (χ2v) is 6.74. The molecule has 0 bridgehead atoms. The van der Waals surface area contributed by atoms with Gasteiger partial charge in [-0.05, 0) is 44.0 Å². The van der Waals surface area contributed by atoms with Crippen molar-refractivity contribution in [2.75, 3.05) is 26.1 Å². The first-order valence-electron chi connectivity index (χ1n) is 8.84. The summed E-state index contributed by atoms with van der Waals surface area (Å²) in [5, 5.41) is 5.41. The molecule has 0 fully saturated rings. The van der Waals surface area contributed by atoms with Gasteiger partial charge in [-0.3, -0.25) is 9.59 Å². The molecule has 28 heavy (non-hydrogen) atoms. The number of rotatable bonds is 8. The smallest absolute Gasteiger partial charge is 0.239 e. The number of ether oxygens (including phenoxy) is 2. The average molecular weight is 388 g/mol. The molecule has 2 aromatic carbocycles. The number of carbonyl (C=O) groups is 2. The van der Waals surface area contributed by atoms with Gasteiger partial charge in [-0.25, -0.2) is 4.39 Å². The Morgan fingerprint density at radius 2 is 1.75 bits per heavy atom. The lowest BCUT2D eigenvalue weighted by Gasteiger charge is -2.23. The van der Waals surface area contributed by atoms with Crippen LogP contribution in [0.25, 0.3) is 0 Å². The van der Waals surface area contributed by atoms with E-state index in [2.05, 4.69) is 10.6 Å². The van der Waals surface area contributed by atoms with Gasteiger partial charge in [-0.1, -0.05) is 18.2 Å². The number of hydrogen-bond donors (Lipinski definition) is 2. The SMILES string of the molecule is COc1ccc(NC(=O)C(C)(C)C(=O)NCCc2ccccc2F)c(OC)c1. The van der Waals surface area contributed by atoms with Crippen LogP contribution in [0.15, 0.2) is 42.5 Å². The van der Waals surface area contributed by atoms with Gasteiger partial charge in [-0.15, -0.1) is 0 Å². The van der Waals surface area contributed by atoms with Crippen molar-refractivity contribution in [1.82, 2.24) is 5.32 Å². The fourth-order valence-corrected chi connectivity index (χ4v) is 2.52. The quantitative estimate of drug-likeness (QED) is 0.681. The van der Waals surface area contributed by atoms with Crippen LogP contribution in [0.2, 0.25) is 0 Å². The zero-order chi connectivity index (χ0) is 20.7. The van der Waals surface area contributed by atoms with E-state index >= 15 is 0 Å². The van der Waals surface area contributed by atoms with Gasteiger partial charge in [0.05, 0.1) is 19.9 Å². The van der Waals surface area contributed by atoms with Crippen LogP contribution in [0.4, 0.5) is 10.1 Å². The van der Waals surface area contributed by atoms with Crippen molar-refractivity contribution in [3.05, 3.63) is 53.8 Å². The predicted molar refractivity (Wildman–Crippen MR) is 105 cm³/mol. The van der Waals surface area contributed by atoms with Gasteiger partial charge in [0, 0.05) is 12.6 Å². The Bertz CT molecular complexity index is 852. The lowest BCUT2D eigenvalue weighted by Crippen LogP contribution is -2.45. The van der Waals surface area contributed by atoms with E-state index in [4.69, 9.17) is 9.47 Å². The minimum Gasteiger partial charge on any atom is -0.497 e. The van der Waals surface area contributed by atoms with Crippen LogP contribution in [0.5, 0.6) is 11.5 Å². The highest BCUT2D eigenvalue weighted by Crippen LogP contribution is 2.30. The van der Waals surface area contributed by atoms with Crippen molar-refractivity contribution in [2.45, 2.75) is 20.3 Å². The lowest BCUT2D eigenvalue weighted by molar-refractivity contribution is -0.138. The Morgan fingerprint density at radius 1 is 1.04 bits per heavy atom. The number of anilines is 1. The van der Waals surface area contributed by atoms with E-state index in [1.807, 2.05) is 0 Å². The minimum absolute atomic E-state index is 0.225. The second kappa shape index (κ2) is 9.21. The normalized spacial score (nSPS) is 10.9. The maximum Gasteiger partial charge on any atom is 0.239 e. The number of methoxy groups -OCH3 is 2. The van der Waals surface area contributed by atoms with Crippen LogP contribution in [0.1, 0.15) is 19.4 Å². The standard InChI is InChI=1S/C21H25FN2O4/c1-21(2,19(25)23-12-11-14-7-5-6-8-16(14)22)20(26)24-17-10-9-15(27-3)13-18(17)28-4/h5-10,13H,11-12H2,1-4H3,(H,23,25)(H,24,26). The molecule has 0 radical (unpaired) electrons. The number of nitrogens with one attached hydrogen (secondary N) is 2. The van der Waals surface area contributed by atoms with Gasteiger partial charge in [-0.2, -0.15) is 0 Å². The summed E-state index contributed by atoms with van der Waals surface area (Å²) >= 11 is 0. The second-order valence-electron chi connectivity index (χ2n) is 6.74. The zero-order valence-electron chi connectivity index (χ0n) is 16.5. The van der Waals surface area contributed by atoms with Crippen LogP contribution in [-0.4, -0.2) is 32.6 Å².